The summed E-state index contributed by atoms with van der Waals surface area (Å²) >= 11 is 0. The van der Waals surface area contributed by atoms with Gasteiger partial charge in [-0.05, 0) is 42.9 Å². The predicted octanol–water partition coefficient (Wildman–Crippen LogP) is 1.78. The number of carbonyl (C=O) groups excluding carboxylic acids is 1. The van der Waals surface area contributed by atoms with E-state index in [4.69, 9.17) is 5.73 Å². The molecular weight excluding hydrogens is 200 g/mol. The topological polar surface area (TPSA) is 55.1 Å². The fourth-order valence-electron chi connectivity index (χ4n) is 2.47. The monoisotopic (exact) mass is 216 g/mol. The van der Waals surface area contributed by atoms with Crippen molar-refractivity contribution in [3.8, 4) is 0 Å². The molecule has 1 aromatic rings. The maximum atomic E-state index is 11.7. The van der Waals surface area contributed by atoms with Gasteiger partial charge in [-0.25, -0.2) is 0 Å². The van der Waals surface area contributed by atoms with E-state index in [0.29, 0.717) is 0 Å². The Morgan fingerprint density at radius 1 is 1.31 bits per heavy atom. The number of hydrogen-bond acceptors (Lipinski definition) is 2. The van der Waals surface area contributed by atoms with Crippen molar-refractivity contribution < 1.29 is 4.79 Å². The second-order valence-corrected chi connectivity index (χ2v) is 4.79. The van der Waals surface area contributed by atoms with Gasteiger partial charge in [0.1, 0.15) is 0 Å². The third kappa shape index (κ3) is 1.56. The van der Waals surface area contributed by atoms with Gasteiger partial charge in [0.15, 0.2) is 0 Å². The highest BCUT2D eigenvalue weighted by atomic mass is 16.2. The quantitative estimate of drug-likeness (QED) is 0.740. The molecule has 0 radical (unpaired) electrons. The summed E-state index contributed by atoms with van der Waals surface area (Å²) in [6.07, 6.45) is 4.09. The van der Waals surface area contributed by atoms with Crippen LogP contribution in [0.15, 0.2) is 18.2 Å². The molecule has 0 bridgehead atoms. The van der Waals surface area contributed by atoms with Crippen molar-refractivity contribution in [3.63, 3.8) is 0 Å². The number of benzene rings is 1. The number of nitrogen functional groups attached to an aromatic ring is 1. The van der Waals surface area contributed by atoms with Crippen molar-refractivity contribution in [2.75, 3.05) is 5.73 Å². The third-order valence-corrected chi connectivity index (χ3v) is 3.57. The minimum absolute atomic E-state index is 0.187. The fourth-order valence-corrected chi connectivity index (χ4v) is 2.47. The highest BCUT2D eigenvalue weighted by molar-refractivity contribution is 5.81. The first kappa shape index (κ1) is 9.70. The lowest BCUT2D eigenvalue weighted by atomic mass is 10.1. The molecule has 0 saturated heterocycles. The lowest BCUT2D eigenvalue weighted by molar-refractivity contribution is -0.123. The number of anilines is 1. The molecular formula is C13H16N2O. The van der Waals surface area contributed by atoms with Gasteiger partial charge in [0.2, 0.25) is 5.91 Å². The molecule has 3 nitrogen and oxygen atoms in total. The molecule has 0 spiro atoms. The second-order valence-electron chi connectivity index (χ2n) is 4.79. The van der Waals surface area contributed by atoms with Crippen LogP contribution in [0.2, 0.25) is 0 Å². The molecule has 1 amide bonds. The summed E-state index contributed by atoms with van der Waals surface area (Å²) in [4.78, 5) is 11.7. The zero-order valence-corrected chi connectivity index (χ0v) is 9.20. The lowest BCUT2D eigenvalue weighted by Crippen LogP contribution is -2.28. The van der Waals surface area contributed by atoms with Crippen LogP contribution in [-0.2, 0) is 11.2 Å². The van der Waals surface area contributed by atoms with Crippen molar-refractivity contribution in [3.05, 3.63) is 29.3 Å². The highest BCUT2D eigenvalue weighted by Gasteiger charge is 2.33. The van der Waals surface area contributed by atoms with E-state index in [9.17, 15) is 4.79 Å². The van der Waals surface area contributed by atoms with Crippen molar-refractivity contribution in [2.24, 2.45) is 5.92 Å². The van der Waals surface area contributed by atoms with E-state index in [1.54, 1.807) is 0 Å². The number of nitrogens with one attached hydrogen (secondary N) is 1. The summed E-state index contributed by atoms with van der Waals surface area (Å²) < 4.78 is 0. The van der Waals surface area contributed by atoms with E-state index in [0.717, 1.165) is 31.4 Å². The Bertz CT molecular complexity index is 438. The van der Waals surface area contributed by atoms with Gasteiger partial charge in [-0.1, -0.05) is 12.1 Å². The highest BCUT2D eigenvalue weighted by Crippen LogP contribution is 2.36. The first-order valence-electron chi connectivity index (χ1n) is 5.93. The van der Waals surface area contributed by atoms with Gasteiger partial charge in [0.05, 0.1) is 6.04 Å². The Morgan fingerprint density at radius 2 is 2.12 bits per heavy atom. The Morgan fingerprint density at radius 3 is 2.88 bits per heavy atom. The molecule has 0 aliphatic heterocycles. The van der Waals surface area contributed by atoms with E-state index in [-0.39, 0.29) is 17.9 Å². The molecule has 1 aromatic carbocycles. The maximum Gasteiger partial charge on any atom is 0.223 e. The largest absolute Gasteiger partial charge is 0.398 e. The van der Waals surface area contributed by atoms with Crippen LogP contribution in [0.25, 0.3) is 0 Å². The molecule has 2 aliphatic carbocycles. The minimum atomic E-state index is 0.187. The van der Waals surface area contributed by atoms with Gasteiger partial charge in [-0.15, -0.1) is 0 Å². The van der Waals surface area contributed by atoms with Crippen LogP contribution in [0, 0.1) is 5.92 Å². The van der Waals surface area contributed by atoms with Crippen LogP contribution in [0.4, 0.5) is 5.69 Å². The molecule has 1 fully saturated rings. The summed E-state index contributed by atoms with van der Waals surface area (Å²) in [6, 6.07) is 6.17. The summed E-state index contributed by atoms with van der Waals surface area (Å²) in [7, 11) is 0. The summed E-state index contributed by atoms with van der Waals surface area (Å²) in [5.41, 5.74) is 9.23. The smallest absolute Gasteiger partial charge is 0.223 e. The third-order valence-electron chi connectivity index (χ3n) is 3.57. The van der Waals surface area contributed by atoms with E-state index in [1.165, 1.54) is 11.1 Å². The molecule has 0 unspecified atom stereocenters. The van der Waals surface area contributed by atoms with E-state index >= 15 is 0 Å². The second kappa shape index (κ2) is 3.51. The van der Waals surface area contributed by atoms with Gasteiger partial charge in [-0.2, -0.15) is 0 Å². The number of hydrogen-bond donors (Lipinski definition) is 2. The van der Waals surface area contributed by atoms with Gasteiger partial charge < -0.3 is 11.1 Å². The fraction of sp³-hybridized carbons (Fsp3) is 0.462. The lowest BCUT2D eigenvalue weighted by Gasteiger charge is -2.14. The number of carbonyl (C=O) groups is 1. The van der Waals surface area contributed by atoms with Gasteiger partial charge in [0.25, 0.3) is 0 Å². The SMILES string of the molecule is Nc1cccc2c1CC[C@H]2NC(=O)C1CC1. The number of rotatable bonds is 2. The Balaban J connectivity index is 1.80. The van der Waals surface area contributed by atoms with Crippen LogP contribution in [-0.4, -0.2) is 5.91 Å². The van der Waals surface area contributed by atoms with Crippen LogP contribution in [0.3, 0.4) is 0 Å². The Kier molecular flexibility index (Phi) is 2.13. The van der Waals surface area contributed by atoms with E-state index in [1.807, 2.05) is 12.1 Å². The summed E-state index contributed by atoms with van der Waals surface area (Å²) in [6.45, 7) is 0. The average Bonchev–Trinajstić information content (AvgIpc) is 3.04. The first-order chi connectivity index (χ1) is 7.75. The standard InChI is InChI=1S/C13H16N2O/c14-11-3-1-2-10-9(11)6-7-12(10)15-13(16)8-4-5-8/h1-3,8,12H,4-7,14H2,(H,15,16)/t12-/m1/s1. The molecule has 84 valence electrons. The number of fused-ring (bicyclic) bond motifs is 1. The Hall–Kier alpha value is -1.51. The minimum Gasteiger partial charge on any atom is -0.398 e. The van der Waals surface area contributed by atoms with Crippen molar-refractivity contribution in [2.45, 2.75) is 31.7 Å². The normalized spacial score (nSPS) is 22.9. The molecule has 0 aromatic heterocycles. The molecule has 1 saturated carbocycles. The average molecular weight is 216 g/mol. The van der Waals surface area contributed by atoms with Gasteiger partial charge in [0, 0.05) is 11.6 Å². The van der Waals surface area contributed by atoms with E-state index in [2.05, 4.69) is 11.4 Å². The number of amides is 1. The zero-order valence-electron chi connectivity index (χ0n) is 9.20. The molecule has 1 atom stereocenters. The van der Waals surface area contributed by atoms with Crippen molar-refractivity contribution in [1.82, 2.24) is 5.32 Å². The molecule has 0 heterocycles. The van der Waals surface area contributed by atoms with Crippen molar-refractivity contribution in [1.29, 1.82) is 0 Å². The van der Waals surface area contributed by atoms with E-state index < -0.39 is 0 Å². The van der Waals surface area contributed by atoms with Crippen LogP contribution in [0.1, 0.15) is 36.4 Å². The predicted molar refractivity (Wildman–Crippen MR) is 62.8 cm³/mol. The molecule has 2 aliphatic rings. The van der Waals surface area contributed by atoms with Crippen LogP contribution < -0.4 is 11.1 Å². The summed E-state index contributed by atoms with van der Waals surface area (Å²) in [5, 5.41) is 3.13. The molecule has 3 rings (SSSR count). The molecule has 3 heteroatoms. The maximum absolute atomic E-state index is 11.7. The zero-order chi connectivity index (χ0) is 11.1. The van der Waals surface area contributed by atoms with Crippen molar-refractivity contribution >= 4 is 11.6 Å². The van der Waals surface area contributed by atoms with Gasteiger partial charge in [-0.3, -0.25) is 4.79 Å². The first-order valence-corrected chi connectivity index (χ1v) is 5.93. The summed E-state index contributed by atoms with van der Waals surface area (Å²) in [5.74, 6) is 0.505. The van der Waals surface area contributed by atoms with Crippen LogP contribution >= 0.6 is 0 Å². The van der Waals surface area contributed by atoms with Gasteiger partial charge >= 0.3 is 0 Å². The Labute approximate surface area is 95.0 Å². The molecule has 16 heavy (non-hydrogen) atoms. The van der Waals surface area contributed by atoms with Crippen LogP contribution in [0.5, 0.6) is 0 Å². The molecule has 3 N–H and O–H groups in total. The number of nitrogens with two attached hydrogens (primary N) is 1.